The summed E-state index contributed by atoms with van der Waals surface area (Å²) in [6, 6.07) is -1.01. The van der Waals surface area contributed by atoms with Gasteiger partial charge in [0.1, 0.15) is 6.04 Å². The quantitative estimate of drug-likeness (QED) is 0.523. The zero-order chi connectivity index (χ0) is 7.89. The van der Waals surface area contributed by atoms with Gasteiger partial charge in [0.2, 0.25) is 0 Å². The number of carbonyl (C=O) groups is 1. The van der Waals surface area contributed by atoms with Crippen molar-refractivity contribution in [2.45, 2.75) is 13.0 Å². The summed E-state index contributed by atoms with van der Waals surface area (Å²) in [5.41, 5.74) is -1.43. The Hall–Kier alpha value is -1.39. The molecule has 10 heavy (non-hydrogen) atoms. The number of aromatic nitrogens is 1. The molecule has 0 radical (unpaired) electrons. The van der Waals surface area contributed by atoms with Crippen molar-refractivity contribution in [3.05, 3.63) is 20.7 Å². The highest BCUT2D eigenvalue weighted by Gasteiger charge is 2.26. The highest BCUT2D eigenvalue weighted by atomic mass is 16.4. The summed E-state index contributed by atoms with van der Waals surface area (Å²) in [4.78, 5) is 30.7. The van der Waals surface area contributed by atoms with E-state index in [2.05, 4.69) is 0 Å². The molecule has 1 aromatic heterocycles. The van der Waals surface area contributed by atoms with E-state index >= 15 is 0 Å². The molecule has 0 bridgehead atoms. The van der Waals surface area contributed by atoms with Crippen LogP contribution in [0.4, 0.5) is 0 Å². The monoisotopic (exact) mass is 143 g/mol. The molecular weight excluding hydrogens is 138 g/mol. The fourth-order valence-corrected chi connectivity index (χ4v) is 0.608. The predicted molar refractivity (Wildman–Crippen MR) is 31.7 cm³/mol. The van der Waals surface area contributed by atoms with Crippen LogP contribution < -0.4 is 11.1 Å². The first-order valence-corrected chi connectivity index (χ1v) is 2.66. The number of hydrogen-bond acceptors (Lipinski definition) is 3. The Labute approximate surface area is 55.2 Å². The average molecular weight is 143 g/mol. The first-order chi connectivity index (χ1) is 4.55. The Morgan fingerprint density at radius 3 is 2.00 bits per heavy atom. The predicted octanol–water partition coefficient (Wildman–Crippen LogP) is -1.27. The molecule has 1 aromatic rings. The van der Waals surface area contributed by atoms with Crippen LogP contribution in [0.5, 0.6) is 0 Å². The van der Waals surface area contributed by atoms with Crippen molar-refractivity contribution in [2.24, 2.45) is 0 Å². The minimum absolute atomic E-state index is 0.697. The van der Waals surface area contributed by atoms with Crippen LogP contribution in [0, 0.1) is 0 Å². The van der Waals surface area contributed by atoms with Crippen molar-refractivity contribution in [2.75, 3.05) is 0 Å². The van der Waals surface area contributed by atoms with Gasteiger partial charge >= 0.3 is 17.1 Å². The third-order valence-corrected chi connectivity index (χ3v) is 1.32. The van der Waals surface area contributed by atoms with Gasteiger partial charge in [-0.25, -0.2) is 4.79 Å². The lowest BCUT2D eigenvalue weighted by Crippen LogP contribution is -2.14. The highest BCUT2D eigenvalue weighted by Crippen LogP contribution is 1.97. The third-order valence-electron chi connectivity index (χ3n) is 1.32. The molecular formula is C5H5NO4. The third kappa shape index (κ3) is 0.754. The average Bonchev–Trinajstić information content (AvgIpc) is 2.40. The van der Waals surface area contributed by atoms with Crippen LogP contribution in [-0.4, -0.2) is 15.6 Å². The van der Waals surface area contributed by atoms with E-state index in [0.717, 1.165) is 0 Å². The number of nitrogens with zero attached hydrogens (tertiary/aromatic N) is 1. The lowest BCUT2D eigenvalue weighted by Gasteiger charge is -1.96. The van der Waals surface area contributed by atoms with E-state index in [4.69, 9.17) is 5.11 Å². The smallest absolute Gasteiger partial charge is 0.326 e. The minimum atomic E-state index is -1.17. The number of aliphatic carboxylic acids is 1. The molecule has 0 saturated carbocycles. The molecule has 1 heterocycles. The summed E-state index contributed by atoms with van der Waals surface area (Å²) in [5, 5.41) is 8.28. The topological polar surface area (TPSA) is 76.4 Å². The summed E-state index contributed by atoms with van der Waals surface area (Å²) in [6.45, 7) is 1.28. The molecule has 0 aliphatic carbocycles. The molecule has 0 aliphatic rings. The maximum absolute atomic E-state index is 10.3. The number of carboxylic acid groups (broad SMARTS) is 1. The molecule has 0 spiro atoms. The molecule has 5 heteroatoms. The minimum Gasteiger partial charge on any atom is -0.480 e. The van der Waals surface area contributed by atoms with Gasteiger partial charge in [0.25, 0.3) is 0 Å². The molecule has 1 atom stereocenters. The SMILES string of the molecule is C[C@@H](C(=O)O)n1c(=O)c1=O. The van der Waals surface area contributed by atoms with E-state index in [1.165, 1.54) is 6.92 Å². The van der Waals surface area contributed by atoms with Crippen LogP contribution in [0.15, 0.2) is 9.59 Å². The number of hydrogen-bond donors (Lipinski definition) is 1. The fraction of sp³-hybridized carbons (Fsp3) is 0.400. The molecule has 0 unspecified atom stereocenters. The Balaban J connectivity index is 2.90. The van der Waals surface area contributed by atoms with Gasteiger partial charge in [-0.2, -0.15) is 0 Å². The van der Waals surface area contributed by atoms with Crippen molar-refractivity contribution in [3.63, 3.8) is 0 Å². The van der Waals surface area contributed by atoms with Crippen molar-refractivity contribution in [1.82, 2.24) is 4.57 Å². The van der Waals surface area contributed by atoms with E-state index in [-0.39, 0.29) is 0 Å². The van der Waals surface area contributed by atoms with Gasteiger partial charge < -0.3 is 5.11 Å². The second-order valence-corrected chi connectivity index (χ2v) is 1.99. The Morgan fingerprint density at radius 2 is 1.90 bits per heavy atom. The normalized spacial score (nSPS) is 13.7. The molecule has 0 fully saturated rings. The standard InChI is InChI=1S/C5H5NO4/c1-2(5(9)10)6-3(7)4(6)8/h2H,1H3,(H,9,10)/t2-/m0/s1. The van der Waals surface area contributed by atoms with Crippen LogP contribution in [0.2, 0.25) is 0 Å². The molecule has 0 amide bonds. The Morgan fingerprint density at radius 1 is 1.50 bits per heavy atom. The molecule has 1 N–H and O–H groups in total. The van der Waals surface area contributed by atoms with Gasteiger partial charge in [0.15, 0.2) is 0 Å². The summed E-state index contributed by atoms with van der Waals surface area (Å²) in [6.07, 6.45) is 0. The highest BCUT2D eigenvalue weighted by molar-refractivity contribution is 5.71. The van der Waals surface area contributed by atoms with Gasteiger partial charge in [-0.1, -0.05) is 0 Å². The van der Waals surface area contributed by atoms with E-state index in [0.29, 0.717) is 4.57 Å². The van der Waals surface area contributed by atoms with E-state index in [9.17, 15) is 14.4 Å². The van der Waals surface area contributed by atoms with Crippen molar-refractivity contribution in [3.8, 4) is 0 Å². The summed E-state index contributed by atoms with van der Waals surface area (Å²) >= 11 is 0. The van der Waals surface area contributed by atoms with Crippen LogP contribution in [0.1, 0.15) is 13.0 Å². The molecule has 1 rings (SSSR count). The first-order valence-electron chi connectivity index (χ1n) is 2.66. The Bertz CT molecular complexity index is 305. The fourth-order valence-electron chi connectivity index (χ4n) is 0.608. The van der Waals surface area contributed by atoms with Crippen LogP contribution >= 0.6 is 0 Å². The first kappa shape index (κ1) is 6.73. The van der Waals surface area contributed by atoms with Crippen molar-refractivity contribution in [1.29, 1.82) is 0 Å². The molecule has 0 aromatic carbocycles. The summed E-state index contributed by atoms with van der Waals surface area (Å²) in [7, 11) is 0. The molecule has 0 saturated heterocycles. The zero-order valence-corrected chi connectivity index (χ0v) is 5.20. The van der Waals surface area contributed by atoms with Crippen LogP contribution in [0.25, 0.3) is 0 Å². The van der Waals surface area contributed by atoms with Crippen molar-refractivity contribution >= 4 is 5.97 Å². The number of carboxylic acids is 1. The summed E-state index contributed by atoms with van der Waals surface area (Å²) in [5.74, 6) is -1.17. The largest absolute Gasteiger partial charge is 0.480 e. The lowest BCUT2D eigenvalue weighted by molar-refractivity contribution is -0.140. The summed E-state index contributed by atoms with van der Waals surface area (Å²) < 4.78 is 0.697. The van der Waals surface area contributed by atoms with Gasteiger partial charge in [-0.15, -0.1) is 0 Å². The van der Waals surface area contributed by atoms with E-state index < -0.39 is 23.1 Å². The van der Waals surface area contributed by atoms with Gasteiger partial charge in [0.05, 0.1) is 0 Å². The van der Waals surface area contributed by atoms with Crippen LogP contribution in [0.3, 0.4) is 0 Å². The van der Waals surface area contributed by atoms with Gasteiger partial charge in [-0.3, -0.25) is 14.2 Å². The van der Waals surface area contributed by atoms with Gasteiger partial charge in [-0.05, 0) is 6.92 Å². The van der Waals surface area contributed by atoms with Crippen LogP contribution in [-0.2, 0) is 4.79 Å². The molecule has 5 nitrogen and oxygen atoms in total. The number of rotatable bonds is 2. The molecule has 54 valence electrons. The zero-order valence-electron chi connectivity index (χ0n) is 5.20. The van der Waals surface area contributed by atoms with E-state index in [1.54, 1.807) is 0 Å². The van der Waals surface area contributed by atoms with Gasteiger partial charge in [0, 0.05) is 0 Å². The second kappa shape index (κ2) is 1.80. The maximum atomic E-state index is 10.3. The Kier molecular flexibility index (Phi) is 1.21. The molecule has 0 aliphatic heterocycles. The lowest BCUT2D eigenvalue weighted by atomic mass is 10.4. The maximum Gasteiger partial charge on any atom is 0.326 e. The second-order valence-electron chi connectivity index (χ2n) is 1.99. The van der Waals surface area contributed by atoms with E-state index in [1.807, 2.05) is 0 Å². The van der Waals surface area contributed by atoms with Crippen molar-refractivity contribution < 1.29 is 9.90 Å².